The van der Waals surface area contributed by atoms with Crippen molar-refractivity contribution < 1.29 is 4.79 Å². The molecule has 1 heterocycles. The molecule has 2 aliphatic carbocycles. The van der Waals surface area contributed by atoms with Gasteiger partial charge in [-0.25, -0.2) is 4.98 Å². The lowest BCUT2D eigenvalue weighted by Crippen LogP contribution is -2.25. The van der Waals surface area contributed by atoms with Gasteiger partial charge in [-0.15, -0.1) is 0 Å². The number of aromatic nitrogens is 2. The van der Waals surface area contributed by atoms with Gasteiger partial charge in [0.1, 0.15) is 0 Å². The monoisotopic (exact) mass is 335 g/mol. The van der Waals surface area contributed by atoms with E-state index in [1.807, 2.05) is 14.1 Å². The summed E-state index contributed by atoms with van der Waals surface area (Å²) in [6.45, 7) is 6.61. The minimum Gasteiger partial charge on any atom is -0.348 e. The van der Waals surface area contributed by atoms with E-state index in [1.165, 1.54) is 31.4 Å². The molecule has 1 aromatic rings. The zero-order valence-corrected chi connectivity index (χ0v) is 15.8. The molecule has 1 aromatic heterocycles. The van der Waals surface area contributed by atoms with Crippen LogP contribution in [0.2, 0.25) is 0 Å². The Morgan fingerprint density at radius 1 is 1.35 bits per heavy atom. The van der Waals surface area contributed by atoms with Crippen LogP contribution in [0.5, 0.6) is 0 Å². The fraction of sp³-hybridized carbons (Fsp3) is 0.778. The molecule has 0 aliphatic heterocycles. The maximum atomic E-state index is 11.9. The third-order valence-corrected chi connectivity index (χ3v) is 6.94. The predicted molar refractivity (Wildman–Crippen MR) is 94.8 cm³/mol. The second-order valence-electron chi connectivity index (χ2n) is 7.59. The lowest BCUT2D eigenvalue weighted by Gasteiger charge is -2.30. The number of imidazole rings is 1. The summed E-state index contributed by atoms with van der Waals surface area (Å²) in [5.41, 5.74) is 2.36. The van der Waals surface area contributed by atoms with Crippen molar-refractivity contribution in [2.45, 2.75) is 57.7 Å². The van der Waals surface area contributed by atoms with Gasteiger partial charge in [0.25, 0.3) is 0 Å². The summed E-state index contributed by atoms with van der Waals surface area (Å²) in [6, 6.07) is 0.489. The van der Waals surface area contributed by atoms with Crippen LogP contribution in [0.1, 0.15) is 50.0 Å². The highest BCUT2D eigenvalue weighted by molar-refractivity contribution is 7.99. The number of amides is 1. The van der Waals surface area contributed by atoms with E-state index >= 15 is 0 Å². The molecule has 0 spiro atoms. The first-order valence-corrected chi connectivity index (χ1v) is 9.75. The smallest absolute Gasteiger partial charge is 0.232 e. The molecule has 0 N–H and O–H groups in total. The second kappa shape index (κ2) is 6.50. The lowest BCUT2D eigenvalue weighted by atomic mass is 9.84. The van der Waals surface area contributed by atoms with Crippen molar-refractivity contribution >= 4 is 17.7 Å². The highest BCUT2D eigenvalue weighted by atomic mass is 32.2. The average molecular weight is 336 g/mol. The largest absolute Gasteiger partial charge is 0.348 e. The summed E-state index contributed by atoms with van der Waals surface area (Å²) in [6.07, 6.45) is 5.66. The number of hydrogen-bond donors (Lipinski definition) is 0. The normalized spacial score (nSPS) is 27.4. The summed E-state index contributed by atoms with van der Waals surface area (Å²) in [7, 11) is 3.62. The first kappa shape index (κ1) is 16.9. The van der Waals surface area contributed by atoms with Crippen LogP contribution >= 0.6 is 11.8 Å². The van der Waals surface area contributed by atoms with Crippen LogP contribution in [0.4, 0.5) is 0 Å². The zero-order chi connectivity index (χ0) is 16.7. The molecule has 0 saturated heterocycles. The van der Waals surface area contributed by atoms with Crippen molar-refractivity contribution in [3.63, 3.8) is 0 Å². The molecular formula is C18H29N3OS. The van der Waals surface area contributed by atoms with Crippen LogP contribution < -0.4 is 0 Å². The van der Waals surface area contributed by atoms with Crippen LogP contribution in [0.25, 0.3) is 0 Å². The van der Waals surface area contributed by atoms with Crippen LogP contribution in [0, 0.1) is 31.6 Å². The Morgan fingerprint density at radius 3 is 2.65 bits per heavy atom. The van der Waals surface area contributed by atoms with Gasteiger partial charge in [-0.05, 0) is 57.8 Å². The first-order valence-electron chi connectivity index (χ1n) is 8.76. The number of hydrogen-bond acceptors (Lipinski definition) is 3. The van der Waals surface area contributed by atoms with Crippen molar-refractivity contribution in [2.24, 2.45) is 17.8 Å². The Balaban J connectivity index is 1.79. The summed E-state index contributed by atoms with van der Waals surface area (Å²) < 4.78 is 2.41. The number of carbonyl (C=O) groups excluding carboxylic acids is 1. The Hall–Kier alpha value is -0.970. The van der Waals surface area contributed by atoms with Crippen molar-refractivity contribution in [2.75, 3.05) is 19.8 Å². The maximum Gasteiger partial charge on any atom is 0.232 e. The number of fused-ring (bicyclic) bond motifs is 2. The molecule has 3 rings (SSSR count). The topological polar surface area (TPSA) is 38.1 Å². The van der Waals surface area contributed by atoms with Crippen molar-refractivity contribution in [1.29, 1.82) is 0 Å². The van der Waals surface area contributed by atoms with Crippen LogP contribution in [0.15, 0.2) is 5.16 Å². The summed E-state index contributed by atoms with van der Waals surface area (Å²) in [5.74, 6) is 3.26. The van der Waals surface area contributed by atoms with Crippen LogP contribution in [0.3, 0.4) is 0 Å². The predicted octanol–water partition coefficient (Wildman–Crippen LogP) is 3.68. The van der Waals surface area contributed by atoms with E-state index in [-0.39, 0.29) is 5.91 Å². The van der Waals surface area contributed by atoms with E-state index in [2.05, 4.69) is 25.3 Å². The van der Waals surface area contributed by atoms with Crippen LogP contribution in [-0.4, -0.2) is 40.2 Å². The standard InChI is InChI=1S/C18H29N3OS/c1-11-12(2)21(18(19-11)23-10-17(22)20(4)5)13(3)16-9-14-6-7-15(16)8-14/h13-16H,6-10H2,1-5H3/t13-,14+,15+,16+/m1/s1. The van der Waals surface area contributed by atoms with Gasteiger partial charge in [0, 0.05) is 25.8 Å². The van der Waals surface area contributed by atoms with E-state index in [9.17, 15) is 4.79 Å². The van der Waals surface area contributed by atoms with Crippen molar-refractivity contribution in [3.05, 3.63) is 11.4 Å². The molecule has 0 radical (unpaired) electrons. The van der Waals surface area contributed by atoms with Gasteiger partial charge in [0.05, 0.1) is 11.4 Å². The first-order chi connectivity index (χ1) is 10.9. The molecule has 128 valence electrons. The van der Waals surface area contributed by atoms with Crippen molar-refractivity contribution in [1.82, 2.24) is 14.5 Å². The van der Waals surface area contributed by atoms with E-state index in [1.54, 1.807) is 16.7 Å². The van der Waals surface area contributed by atoms with E-state index in [0.717, 1.165) is 28.6 Å². The SMILES string of the molecule is Cc1nc(SCC(=O)N(C)C)n([C@H](C)[C@@H]2C[C@H]3CC[C@H]2C3)c1C. The summed E-state index contributed by atoms with van der Waals surface area (Å²) in [5, 5.41) is 1.02. The van der Waals surface area contributed by atoms with E-state index < -0.39 is 0 Å². The maximum absolute atomic E-state index is 11.9. The Bertz CT molecular complexity index is 595. The van der Waals surface area contributed by atoms with E-state index in [0.29, 0.717) is 11.8 Å². The molecule has 2 saturated carbocycles. The Kier molecular flexibility index (Phi) is 4.77. The lowest BCUT2D eigenvalue weighted by molar-refractivity contribution is -0.125. The van der Waals surface area contributed by atoms with Crippen molar-refractivity contribution in [3.8, 4) is 0 Å². The molecule has 4 atom stereocenters. The van der Waals surface area contributed by atoms with Gasteiger partial charge in [-0.3, -0.25) is 4.79 Å². The molecule has 0 aromatic carbocycles. The van der Waals surface area contributed by atoms with Gasteiger partial charge >= 0.3 is 0 Å². The quantitative estimate of drug-likeness (QED) is 0.771. The summed E-state index contributed by atoms with van der Waals surface area (Å²) in [4.78, 5) is 18.3. The third-order valence-electron chi connectivity index (χ3n) is 6.00. The number of aryl methyl sites for hydroxylation is 1. The Labute approximate surface area is 144 Å². The van der Waals surface area contributed by atoms with Crippen LogP contribution in [-0.2, 0) is 4.79 Å². The number of nitrogens with zero attached hydrogens (tertiary/aromatic N) is 3. The van der Waals surface area contributed by atoms with Gasteiger partial charge in [0.2, 0.25) is 5.91 Å². The molecule has 1 amide bonds. The van der Waals surface area contributed by atoms with Gasteiger partial charge < -0.3 is 9.47 Å². The second-order valence-corrected chi connectivity index (χ2v) is 8.53. The third kappa shape index (κ3) is 3.17. The zero-order valence-electron chi connectivity index (χ0n) is 15.0. The van der Waals surface area contributed by atoms with Gasteiger partial charge in [-0.2, -0.15) is 0 Å². The molecule has 23 heavy (non-hydrogen) atoms. The fourth-order valence-corrected chi connectivity index (χ4v) is 5.66. The number of rotatable bonds is 5. The minimum absolute atomic E-state index is 0.146. The average Bonchev–Trinajstić information content (AvgIpc) is 3.20. The van der Waals surface area contributed by atoms with Gasteiger partial charge in [0.15, 0.2) is 5.16 Å². The van der Waals surface area contributed by atoms with E-state index in [4.69, 9.17) is 4.98 Å². The molecule has 0 unspecified atom stereocenters. The minimum atomic E-state index is 0.146. The molecule has 2 fully saturated rings. The molecular weight excluding hydrogens is 306 g/mol. The molecule has 2 bridgehead atoms. The van der Waals surface area contributed by atoms with Gasteiger partial charge in [-0.1, -0.05) is 18.2 Å². The highest BCUT2D eigenvalue weighted by Gasteiger charge is 2.43. The molecule has 2 aliphatic rings. The number of carbonyl (C=O) groups is 1. The fourth-order valence-electron chi connectivity index (χ4n) is 4.51. The molecule has 5 heteroatoms. The highest BCUT2D eigenvalue weighted by Crippen LogP contribution is 2.52. The number of thioether (sulfide) groups is 1. The molecule has 4 nitrogen and oxygen atoms in total. The summed E-state index contributed by atoms with van der Waals surface area (Å²) >= 11 is 1.59. The Morgan fingerprint density at radius 2 is 2.09 bits per heavy atom.